The molecule has 4 aliphatic heterocycles. The molecule has 7 unspecified atom stereocenters. The number of anilines is 1. The normalized spacial score (nSPS) is 31.8. The number of nitrogens with one attached hydrogen (secondary N) is 1. The lowest BCUT2D eigenvalue weighted by atomic mass is 9.70. The molecule has 1 aromatic heterocycles. The number of methoxy groups -OCH3 is 1. The first-order valence-electron chi connectivity index (χ1n) is 18.9. The number of aryl methyl sites for hydroxylation is 2. The van der Waals surface area contributed by atoms with Crippen LogP contribution in [0.25, 0.3) is 0 Å². The van der Waals surface area contributed by atoms with Crippen molar-refractivity contribution in [3.8, 4) is 5.75 Å². The summed E-state index contributed by atoms with van der Waals surface area (Å²) < 4.78 is 42.2. The maximum atomic E-state index is 15.0. The smallest absolute Gasteiger partial charge is 0.286 e. The molecule has 0 saturated heterocycles. The van der Waals surface area contributed by atoms with Gasteiger partial charge in [-0.2, -0.15) is 0 Å². The van der Waals surface area contributed by atoms with Crippen molar-refractivity contribution < 1.29 is 28.0 Å². The van der Waals surface area contributed by atoms with Crippen molar-refractivity contribution in [2.24, 2.45) is 22.1 Å². The molecule has 7 atom stereocenters. The summed E-state index contributed by atoms with van der Waals surface area (Å²) in [7, 11) is -1.82. The monoisotopic (exact) mass is 758 g/mol. The van der Waals surface area contributed by atoms with Gasteiger partial charge in [-0.25, -0.2) is 4.21 Å². The number of fused-ring (bicyclic) bond motifs is 5. The maximum Gasteiger partial charge on any atom is 0.286 e. The fourth-order valence-corrected chi connectivity index (χ4v) is 12.0. The SMILES string of the molecule is COC1/C=C/CC(C)C(C)S(=O)(NC(=O)c2cc3n(c2)CCOC3)=NC(=O)c2ccc3c(c2)N(CC2CCC21)CC1(CO3)SCCc2cc(C)ccc21. The van der Waals surface area contributed by atoms with Gasteiger partial charge >= 0.3 is 0 Å². The van der Waals surface area contributed by atoms with E-state index in [1.54, 1.807) is 25.4 Å². The van der Waals surface area contributed by atoms with Crippen LogP contribution in [0.5, 0.6) is 5.75 Å². The van der Waals surface area contributed by atoms with Crippen LogP contribution in [0, 0.1) is 24.7 Å². The summed E-state index contributed by atoms with van der Waals surface area (Å²) >= 11 is 1.96. The second-order valence-corrected chi connectivity index (χ2v) is 19.3. The lowest BCUT2D eigenvalue weighted by molar-refractivity contribution is 0.0134. The average molecular weight is 759 g/mol. The Bertz CT molecular complexity index is 2050. The third-order valence-corrected chi connectivity index (χ3v) is 16.0. The summed E-state index contributed by atoms with van der Waals surface area (Å²) in [5.41, 5.74) is 6.35. The molecule has 3 aromatic rings. The minimum atomic E-state index is -3.60. The fraction of sp³-hybridized carbons (Fsp3) is 0.512. The molecule has 0 radical (unpaired) electrons. The molecule has 8 rings (SSSR count). The number of aromatic nitrogens is 1. The summed E-state index contributed by atoms with van der Waals surface area (Å²) in [4.78, 5) is 30.4. The predicted molar refractivity (Wildman–Crippen MR) is 209 cm³/mol. The Morgan fingerprint density at radius 3 is 2.81 bits per heavy atom. The first-order valence-corrected chi connectivity index (χ1v) is 21.5. The van der Waals surface area contributed by atoms with E-state index in [1.165, 1.54) is 16.7 Å². The topological polar surface area (TPSA) is 111 Å². The summed E-state index contributed by atoms with van der Waals surface area (Å²) in [6.07, 6.45) is 9.74. The molecule has 1 aliphatic carbocycles. The van der Waals surface area contributed by atoms with Crippen molar-refractivity contribution in [2.45, 2.75) is 75.7 Å². The molecule has 1 spiro atoms. The van der Waals surface area contributed by atoms with Crippen molar-refractivity contribution in [1.82, 2.24) is 9.29 Å². The second-order valence-electron chi connectivity index (χ2n) is 15.5. The Balaban J connectivity index is 1.20. The highest BCUT2D eigenvalue weighted by molar-refractivity contribution is 8.00. The van der Waals surface area contributed by atoms with Crippen LogP contribution in [0.4, 0.5) is 5.69 Å². The molecule has 282 valence electrons. The van der Waals surface area contributed by atoms with Crippen LogP contribution in [0.1, 0.15) is 76.2 Å². The molecular weight excluding hydrogens is 709 g/mol. The maximum absolute atomic E-state index is 15.0. The quantitative estimate of drug-likeness (QED) is 0.295. The summed E-state index contributed by atoms with van der Waals surface area (Å²) in [6, 6.07) is 14.0. The van der Waals surface area contributed by atoms with Crippen LogP contribution in [-0.2, 0) is 43.7 Å². The lowest BCUT2D eigenvalue weighted by Crippen LogP contribution is -2.48. The summed E-state index contributed by atoms with van der Waals surface area (Å²) in [5, 5.41) is -0.640. The first-order chi connectivity index (χ1) is 25.6. The molecule has 53 heavy (non-hydrogen) atoms. The minimum absolute atomic E-state index is 0.0555. The van der Waals surface area contributed by atoms with E-state index in [1.807, 2.05) is 42.3 Å². The molecule has 5 aliphatic rings. The molecule has 2 bridgehead atoms. The number of hydrogen-bond donors (Lipinski definition) is 1. The molecule has 12 heteroatoms. The Morgan fingerprint density at radius 1 is 1.15 bits per heavy atom. The zero-order valence-corrected chi connectivity index (χ0v) is 32.7. The Labute approximate surface area is 317 Å². The number of hydrogen-bond acceptors (Lipinski definition) is 8. The average Bonchev–Trinajstić information content (AvgIpc) is 3.52. The highest BCUT2D eigenvalue weighted by Crippen LogP contribution is 2.49. The number of carbonyl (C=O) groups excluding carboxylic acids is 2. The molecule has 10 nitrogen and oxygen atoms in total. The summed E-state index contributed by atoms with van der Waals surface area (Å²) in [6.45, 7) is 9.57. The van der Waals surface area contributed by atoms with E-state index in [2.05, 4.69) is 51.3 Å². The number of benzene rings is 2. The van der Waals surface area contributed by atoms with Gasteiger partial charge in [-0.1, -0.05) is 42.8 Å². The third-order valence-electron chi connectivity index (χ3n) is 12.2. The molecular formula is C41H50N4O6S2. The van der Waals surface area contributed by atoms with Gasteiger partial charge in [0.25, 0.3) is 11.8 Å². The minimum Gasteiger partial charge on any atom is -0.490 e. The zero-order valence-electron chi connectivity index (χ0n) is 31.0. The molecule has 1 N–H and O–H groups in total. The molecule has 5 heterocycles. The van der Waals surface area contributed by atoms with Gasteiger partial charge in [-0.15, -0.1) is 16.1 Å². The third kappa shape index (κ3) is 6.96. The van der Waals surface area contributed by atoms with Crippen LogP contribution >= 0.6 is 11.8 Å². The van der Waals surface area contributed by atoms with Crippen molar-refractivity contribution in [1.29, 1.82) is 0 Å². The van der Waals surface area contributed by atoms with Gasteiger partial charge < -0.3 is 23.7 Å². The molecule has 2 aromatic carbocycles. The number of allylic oxidation sites excluding steroid dienone is 1. The number of nitrogens with zero attached hydrogens (tertiary/aromatic N) is 3. The van der Waals surface area contributed by atoms with Gasteiger partial charge in [-0.3, -0.25) is 14.3 Å². The number of carbonyl (C=O) groups is 2. The summed E-state index contributed by atoms with van der Waals surface area (Å²) in [5.74, 6) is 1.14. The number of rotatable bonds is 3. The van der Waals surface area contributed by atoms with E-state index >= 15 is 0 Å². The van der Waals surface area contributed by atoms with Crippen molar-refractivity contribution in [2.75, 3.05) is 44.1 Å². The molecule has 2 amide bonds. The van der Waals surface area contributed by atoms with Crippen LogP contribution in [0.15, 0.2) is 65.2 Å². The number of amides is 2. The Morgan fingerprint density at radius 2 is 2.02 bits per heavy atom. The van der Waals surface area contributed by atoms with Gasteiger partial charge in [0.05, 0.1) is 40.6 Å². The van der Waals surface area contributed by atoms with E-state index in [9.17, 15) is 13.8 Å². The van der Waals surface area contributed by atoms with E-state index in [-0.39, 0.29) is 16.8 Å². The predicted octanol–water partition coefficient (Wildman–Crippen LogP) is 6.69. The zero-order chi connectivity index (χ0) is 36.9. The molecule has 1 fully saturated rings. The second kappa shape index (κ2) is 14.6. The van der Waals surface area contributed by atoms with Gasteiger partial charge in [0.15, 0.2) is 0 Å². The van der Waals surface area contributed by atoms with E-state index < -0.39 is 27.0 Å². The highest BCUT2D eigenvalue weighted by atomic mass is 32.2. The highest BCUT2D eigenvalue weighted by Gasteiger charge is 2.45. The van der Waals surface area contributed by atoms with Gasteiger partial charge in [0.1, 0.15) is 22.3 Å². The van der Waals surface area contributed by atoms with Gasteiger partial charge in [0.2, 0.25) is 0 Å². The van der Waals surface area contributed by atoms with Gasteiger partial charge in [-0.05, 0) is 98.4 Å². The first kappa shape index (κ1) is 36.4. The number of thioether (sulfide) groups is 1. The van der Waals surface area contributed by atoms with Crippen LogP contribution in [-0.4, -0.2) is 71.1 Å². The standard InChI is InChI=1S/C41H50N4O6S2/c1-26-8-12-35-29(18-26)14-17-52-41(35)24-45-21-31-9-11-34(31)37(49-4)7-5-6-27(2)28(3)53(48,42-39(46)30-10-13-38(51-25-41)36(45)20-30)43-40(47)32-19-33-23-50-16-15-44(33)22-32/h5,7-8,10,12-13,18-20,22,27-28,31,34,37H,6,9,11,14-17,21,23-25H2,1-4H3,(H,42,43,46,47,48)/b7-5+. The van der Waals surface area contributed by atoms with E-state index in [0.717, 1.165) is 55.2 Å². The Hall–Kier alpha value is -3.58. The molecule has 1 saturated carbocycles. The number of ether oxygens (including phenoxy) is 3. The van der Waals surface area contributed by atoms with E-state index in [4.69, 9.17) is 14.2 Å². The van der Waals surface area contributed by atoms with Crippen molar-refractivity contribution >= 4 is 39.2 Å². The van der Waals surface area contributed by atoms with Gasteiger partial charge in [0, 0.05) is 44.2 Å². The Kier molecular flexibility index (Phi) is 10.0. The van der Waals surface area contributed by atoms with Crippen LogP contribution in [0.2, 0.25) is 0 Å². The van der Waals surface area contributed by atoms with E-state index in [0.29, 0.717) is 55.7 Å². The van der Waals surface area contributed by atoms with Crippen LogP contribution < -0.4 is 14.4 Å². The van der Waals surface area contributed by atoms with Crippen LogP contribution in [0.3, 0.4) is 0 Å². The van der Waals surface area contributed by atoms with Crippen molar-refractivity contribution in [3.63, 3.8) is 0 Å². The fourth-order valence-electron chi connectivity index (χ4n) is 8.65. The largest absolute Gasteiger partial charge is 0.490 e. The lowest BCUT2D eigenvalue weighted by Gasteiger charge is -2.45. The van der Waals surface area contributed by atoms with Crippen molar-refractivity contribution in [3.05, 3.63) is 94.3 Å².